The zero-order chi connectivity index (χ0) is 18.2. The quantitative estimate of drug-likeness (QED) is 0.439. The second-order valence-electron chi connectivity index (χ2n) is 4.90. The minimum Gasteiger partial charge on any atom is -0.326 e. The molecule has 0 aliphatic heterocycles. The van der Waals surface area contributed by atoms with Gasteiger partial charge in [-0.2, -0.15) is 5.10 Å². The monoisotopic (exact) mass is 341 g/mol. The lowest BCUT2D eigenvalue weighted by Crippen LogP contribution is -2.24. The summed E-state index contributed by atoms with van der Waals surface area (Å²) < 4.78 is 0. The zero-order valence-corrected chi connectivity index (χ0v) is 13.2. The molecule has 0 unspecified atom stereocenters. The molecule has 0 radical (unpaired) electrons. The van der Waals surface area contributed by atoms with Crippen LogP contribution >= 0.6 is 0 Å². The number of nitro groups is 1. The molecule has 2 rings (SSSR count). The lowest BCUT2D eigenvalue weighted by atomic mass is 10.2. The van der Waals surface area contributed by atoms with E-state index in [9.17, 15) is 19.7 Å². The lowest BCUT2D eigenvalue weighted by Gasteiger charge is -2.06. The maximum atomic E-state index is 11.7. The number of hydrazone groups is 1. The van der Waals surface area contributed by atoms with Gasteiger partial charge in [-0.15, -0.1) is 0 Å². The molecule has 0 spiro atoms. The van der Waals surface area contributed by atoms with E-state index in [2.05, 4.69) is 21.2 Å². The van der Waals surface area contributed by atoms with E-state index in [0.29, 0.717) is 11.4 Å². The van der Waals surface area contributed by atoms with E-state index >= 15 is 0 Å². The molecule has 3 amide bonds. The normalized spacial score (nSPS) is 10.3. The van der Waals surface area contributed by atoms with Gasteiger partial charge in [-0.3, -0.25) is 14.9 Å². The van der Waals surface area contributed by atoms with Crippen LogP contribution in [0, 0.1) is 10.1 Å². The van der Waals surface area contributed by atoms with Gasteiger partial charge in [0.25, 0.3) is 5.69 Å². The fraction of sp³-hybridized carbons (Fsp3) is 0.0625. The van der Waals surface area contributed by atoms with Gasteiger partial charge in [-0.1, -0.05) is 12.1 Å². The number of rotatable bonds is 5. The number of anilines is 2. The lowest BCUT2D eigenvalue weighted by molar-refractivity contribution is -0.385. The largest absolute Gasteiger partial charge is 0.339 e. The minimum absolute atomic E-state index is 0.109. The Labute approximate surface area is 142 Å². The van der Waals surface area contributed by atoms with Crippen LogP contribution < -0.4 is 16.1 Å². The number of amides is 3. The second kappa shape index (κ2) is 8.20. The maximum absolute atomic E-state index is 11.7. The molecule has 0 atom stereocenters. The highest BCUT2D eigenvalue weighted by Crippen LogP contribution is 2.15. The van der Waals surface area contributed by atoms with Crippen molar-refractivity contribution in [3.63, 3.8) is 0 Å². The van der Waals surface area contributed by atoms with E-state index < -0.39 is 11.0 Å². The van der Waals surface area contributed by atoms with Crippen LogP contribution in [0.4, 0.5) is 21.9 Å². The summed E-state index contributed by atoms with van der Waals surface area (Å²) in [4.78, 5) is 33.0. The molecular weight excluding hydrogens is 326 g/mol. The fourth-order valence-corrected chi connectivity index (χ4v) is 1.92. The van der Waals surface area contributed by atoms with Crippen LogP contribution in [0.15, 0.2) is 53.6 Å². The van der Waals surface area contributed by atoms with E-state index in [0.717, 1.165) is 0 Å². The number of urea groups is 1. The average molecular weight is 341 g/mol. The van der Waals surface area contributed by atoms with Gasteiger partial charge < -0.3 is 10.6 Å². The molecule has 3 N–H and O–H groups in total. The van der Waals surface area contributed by atoms with Crippen molar-refractivity contribution >= 4 is 35.2 Å². The number of carbonyl (C=O) groups is 2. The molecule has 0 saturated heterocycles. The van der Waals surface area contributed by atoms with Gasteiger partial charge in [0.05, 0.1) is 16.7 Å². The molecule has 2 aromatic carbocycles. The third kappa shape index (κ3) is 5.43. The van der Waals surface area contributed by atoms with Crippen LogP contribution in [0.2, 0.25) is 0 Å². The van der Waals surface area contributed by atoms with Crippen molar-refractivity contribution in [2.24, 2.45) is 5.10 Å². The summed E-state index contributed by atoms with van der Waals surface area (Å²) in [7, 11) is 0. The minimum atomic E-state index is -0.609. The van der Waals surface area contributed by atoms with Crippen molar-refractivity contribution in [3.8, 4) is 0 Å². The number of nitrogens with zero attached hydrogens (tertiary/aromatic N) is 2. The Morgan fingerprint density at radius 1 is 1.04 bits per heavy atom. The topological polar surface area (TPSA) is 126 Å². The number of nitrogens with one attached hydrogen (secondary N) is 3. The number of para-hydroxylation sites is 1. The van der Waals surface area contributed by atoms with Crippen LogP contribution in [0.25, 0.3) is 0 Å². The third-order valence-electron chi connectivity index (χ3n) is 2.97. The molecular formula is C16H15N5O4. The summed E-state index contributed by atoms with van der Waals surface area (Å²) in [5.41, 5.74) is 3.48. The molecule has 0 heterocycles. The molecule has 0 fully saturated rings. The summed E-state index contributed by atoms with van der Waals surface area (Å²) in [6.07, 6.45) is 1.19. The van der Waals surface area contributed by atoms with Crippen molar-refractivity contribution in [2.45, 2.75) is 6.92 Å². The summed E-state index contributed by atoms with van der Waals surface area (Å²) in [5.74, 6) is -0.192. The van der Waals surface area contributed by atoms with Crippen molar-refractivity contribution in [3.05, 3.63) is 64.2 Å². The molecule has 25 heavy (non-hydrogen) atoms. The van der Waals surface area contributed by atoms with Gasteiger partial charge in [0.2, 0.25) is 5.91 Å². The van der Waals surface area contributed by atoms with Gasteiger partial charge in [0, 0.05) is 24.4 Å². The van der Waals surface area contributed by atoms with Crippen LogP contribution in [0.1, 0.15) is 12.5 Å². The Kier molecular flexibility index (Phi) is 5.77. The van der Waals surface area contributed by atoms with Gasteiger partial charge in [-0.25, -0.2) is 10.2 Å². The van der Waals surface area contributed by atoms with Gasteiger partial charge in [0.15, 0.2) is 0 Å². The van der Waals surface area contributed by atoms with E-state index in [-0.39, 0.29) is 17.2 Å². The highest BCUT2D eigenvalue weighted by molar-refractivity contribution is 5.92. The van der Waals surface area contributed by atoms with Crippen molar-refractivity contribution in [1.29, 1.82) is 0 Å². The molecule has 9 nitrogen and oxygen atoms in total. The van der Waals surface area contributed by atoms with Crippen molar-refractivity contribution < 1.29 is 14.5 Å². The molecule has 2 aromatic rings. The number of hydrogen-bond acceptors (Lipinski definition) is 5. The highest BCUT2D eigenvalue weighted by Gasteiger charge is 2.10. The summed E-state index contributed by atoms with van der Waals surface area (Å²) in [6.45, 7) is 1.40. The van der Waals surface area contributed by atoms with E-state index in [1.54, 1.807) is 36.4 Å². The smallest absolute Gasteiger partial charge is 0.326 e. The molecule has 0 saturated carbocycles. The fourth-order valence-electron chi connectivity index (χ4n) is 1.92. The SMILES string of the molecule is CC(=O)Nc1ccc(NC(=O)N/N=C/c2ccccc2[N+](=O)[O-])cc1. The van der Waals surface area contributed by atoms with Gasteiger partial charge in [-0.05, 0) is 30.3 Å². The standard InChI is InChI=1S/C16H15N5O4/c1-11(22)18-13-6-8-14(9-7-13)19-16(23)20-17-10-12-4-2-3-5-15(12)21(24)25/h2-10H,1H3,(H,18,22)(H2,19,20,23)/b17-10+. The summed E-state index contributed by atoms with van der Waals surface area (Å²) in [6, 6.07) is 11.9. The first kappa shape index (κ1) is 17.6. The third-order valence-corrected chi connectivity index (χ3v) is 2.97. The summed E-state index contributed by atoms with van der Waals surface area (Å²) >= 11 is 0. The molecule has 0 aliphatic carbocycles. The molecule has 9 heteroatoms. The van der Waals surface area contributed by atoms with Gasteiger partial charge >= 0.3 is 6.03 Å². The molecule has 0 aromatic heterocycles. The highest BCUT2D eigenvalue weighted by atomic mass is 16.6. The molecule has 0 aliphatic rings. The van der Waals surface area contributed by atoms with Gasteiger partial charge in [0.1, 0.15) is 0 Å². The Balaban J connectivity index is 1.92. The van der Waals surface area contributed by atoms with Crippen LogP contribution in [0.5, 0.6) is 0 Å². The molecule has 0 bridgehead atoms. The Morgan fingerprint density at radius 2 is 1.64 bits per heavy atom. The van der Waals surface area contributed by atoms with Crippen LogP contribution in [-0.4, -0.2) is 23.1 Å². The number of benzene rings is 2. The second-order valence-corrected chi connectivity index (χ2v) is 4.90. The Morgan fingerprint density at radius 3 is 2.24 bits per heavy atom. The first-order chi connectivity index (χ1) is 12.0. The molecule has 128 valence electrons. The first-order valence-corrected chi connectivity index (χ1v) is 7.17. The zero-order valence-electron chi connectivity index (χ0n) is 13.2. The first-order valence-electron chi connectivity index (χ1n) is 7.17. The van der Waals surface area contributed by atoms with Crippen molar-refractivity contribution in [1.82, 2.24) is 5.43 Å². The van der Waals surface area contributed by atoms with E-state index in [1.807, 2.05) is 0 Å². The van der Waals surface area contributed by atoms with Crippen LogP contribution in [-0.2, 0) is 4.79 Å². The predicted molar refractivity (Wildman–Crippen MR) is 93.6 cm³/mol. The number of hydrogen-bond donors (Lipinski definition) is 3. The van der Waals surface area contributed by atoms with Crippen LogP contribution in [0.3, 0.4) is 0 Å². The predicted octanol–water partition coefficient (Wildman–Crippen LogP) is 2.71. The number of nitro benzene ring substituents is 1. The summed E-state index contributed by atoms with van der Waals surface area (Å²) in [5, 5.41) is 19.7. The van der Waals surface area contributed by atoms with E-state index in [1.165, 1.54) is 25.3 Å². The number of carbonyl (C=O) groups excluding carboxylic acids is 2. The Hall–Kier alpha value is -3.75. The maximum Gasteiger partial charge on any atom is 0.339 e. The Bertz CT molecular complexity index is 818. The van der Waals surface area contributed by atoms with E-state index in [4.69, 9.17) is 0 Å². The van der Waals surface area contributed by atoms with Crippen molar-refractivity contribution in [2.75, 3.05) is 10.6 Å². The average Bonchev–Trinajstić information content (AvgIpc) is 2.56.